The number of rotatable bonds is 5. The van der Waals surface area contributed by atoms with E-state index in [1.807, 2.05) is 30.0 Å². The molecule has 23 heavy (non-hydrogen) atoms. The van der Waals surface area contributed by atoms with Crippen LogP contribution in [0.15, 0.2) is 35.7 Å². The standard InChI is InChI=1S/C17H26N6/c1-12(2)13(3)22-17(18-5)21-11-15-6-7-16(20-10-15)23-9-8-19-14(23)4/h6-10,12-13H,11H2,1-5H3,(H2,18,21,22). The van der Waals surface area contributed by atoms with Gasteiger partial charge in [0.05, 0.1) is 0 Å². The molecule has 6 nitrogen and oxygen atoms in total. The molecule has 1 atom stereocenters. The van der Waals surface area contributed by atoms with Crippen LogP contribution in [0, 0.1) is 12.8 Å². The van der Waals surface area contributed by atoms with Gasteiger partial charge < -0.3 is 10.6 Å². The number of nitrogens with zero attached hydrogens (tertiary/aromatic N) is 4. The topological polar surface area (TPSA) is 67.1 Å². The third-order valence-electron chi connectivity index (χ3n) is 3.93. The number of aryl methyl sites for hydroxylation is 1. The van der Waals surface area contributed by atoms with Crippen molar-refractivity contribution in [1.82, 2.24) is 25.2 Å². The van der Waals surface area contributed by atoms with E-state index in [9.17, 15) is 0 Å². The van der Waals surface area contributed by atoms with Crippen LogP contribution in [-0.2, 0) is 6.54 Å². The second-order valence-electron chi connectivity index (χ2n) is 5.97. The lowest BCUT2D eigenvalue weighted by Crippen LogP contribution is -2.43. The summed E-state index contributed by atoms with van der Waals surface area (Å²) < 4.78 is 1.96. The Bertz CT molecular complexity index is 641. The van der Waals surface area contributed by atoms with Gasteiger partial charge in [0.15, 0.2) is 5.96 Å². The van der Waals surface area contributed by atoms with Crippen LogP contribution in [0.25, 0.3) is 5.82 Å². The number of imidazole rings is 1. The van der Waals surface area contributed by atoms with Gasteiger partial charge in [-0.3, -0.25) is 9.56 Å². The summed E-state index contributed by atoms with van der Waals surface area (Å²) in [7, 11) is 1.78. The van der Waals surface area contributed by atoms with Crippen molar-refractivity contribution in [2.75, 3.05) is 7.05 Å². The molecule has 2 aromatic rings. The highest BCUT2D eigenvalue weighted by Gasteiger charge is 2.09. The van der Waals surface area contributed by atoms with Gasteiger partial charge in [-0.15, -0.1) is 0 Å². The van der Waals surface area contributed by atoms with Crippen LogP contribution in [0.3, 0.4) is 0 Å². The SMILES string of the molecule is CN=C(NCc1ccc(-n2ccnc2C)nc1)NC(C)C(C)C. The first-order valence-corrected chi connectivity index (χ1v) is 7.93. The predicted molar refractivity (Wildman–Crippen MR) is 93.7 cm³/mol. The second kappa shape index (κ2) is 7.76. The molecule has 124 valence electrons. The van der Waals surface area contributed by atoms with E-state index in [1.165, 1.54) is 0 Å². The molecule has 0 saturated carbocycles. The Morgan fingerprint density at radius 3 is 2.57 bits per heavy atom. The lowest BCUT2D eigenvalue weighted by molar-refractivity contribution is 0.481. The maximum atomic E-state index is 4.50. The van der Waals surface area contributed by atoms with E-state index < -0.39 is 0 Å². The van der Waals surface area contributed by atoms with Crippen molar-refractivity contribution in [2.45, 2.75) is 40.3 Å². The van der Waals surface area contributed by atoms with Crippen LogP contribution in [-0.4, -0.2) is 33.6 Å². The number of pyridine rings is 1. The van der Waals surface area contributed by atoms with Crippen LogP contribution in [0.2, 0.25) is 0 Å². The zero-order chi connectivity index (χ0) is 16.8. The summed E-state index contributed by atoms with van der Waals surface area (Å²) in [5.41, 5.74) is 1.10. The third-order valence-corrected chi connectivity index (χ3v) is 3.93. The summed E-state index contributed by atoms with van der Waals surface area (Å²) >= 11 is 0. The van der Waals surface area contributed by atoms with Gasteiger partial charge in [-0.2, -0.15) is 0 Å². The predicted octanol–water partition coefficient (Wildman–Crippen LogP) is 2.29. The molecule has 2 rings (SSSR count). The van der Waals surface area contributed by atoms with E-state index in [-0.39, 0.29) is 0 Å². The van der Waals surface area contributed by atoms with E-state index in [1.54, 1.807) is 13.2 Å². The second-order valence-corrected chi connectivity index (χ2v) is 5.97. The molecule has 2 aromatic heterocycles. The largest absolute Gasteiger partial charge is 0.354 e. The van der Waals surface area contributed by atoms with E-state index in [2.05, 4.69) is 52.4 Å². The quantitative estimate of drug-likeness (QED) is 0.656. The van der Waals surface area contributed by atoms with Crippen molar-refractivity contribution in [2.24, 2.45) is 10.9 Å². The Morgan fingerprint density at radius 1 is 1.26 bits per heavy atom. The average molecular weight is 314 g/mol. The van der Waals surface area contributed by atoms with Crippen molar-refractivity contribution < 1.29 is 0 Å². The lowest BCUT2D eigenvalue weighted by Gasteiger charge is -2.20. The van der Waals surface area contributed by atoms with Crippen molar-refractivity contribution in [3.05, 3.63) is 42.1 Å². The van der Waals surface area contributed by atoms with Crippen molar-refractivity contribution >= 4 is 5.96 Å². The minimum Gasteiger partial charge on any atom is -0.354 e. The summed E-state index contributed by atoms with van der Waals surface area (Å²) in [6, 6.07) is 4.43. The van der Waals surface area contributed by atoms with Gasteiger partial charge in [0.1, 0.15) is 11.6 Å². The minimum atomic E-state index is 0.367. The van der Waals surface area contributed by atoms with E-state index in [0.717, 1.165) is 23.2 Å². The van der Waals surface area contributed by atoms with Crippen molar-refractivity contribution in [1.29, 1.82) is 0 Å². The van der Waals surface area contributed by atoms with E-state index >= 15 is 0 Å². The summed E-state index contributed by atoms with van der Waals surface area (Å²) in [5.74, 6) is 3.16. The summed E-state index contributed by atoms with van der Waals surface area (Å²) in [6.07, 6.45) is 5.56. The zero-order valence-corrected chi connectivity index (χ0v) is 14.5. The fraction of sp³-hybridized carbons (Fsp3) is 0.471. The molecule has 0 aliphatic rings. The molecular weight excluding hydrogens is 288 g/mol. The fourth-order valence-electron chi connectivity index (χ4n) is 2.05. The molecular formula is C17H26N6. The van der Waals surface area contributed by atoms with Crippen LogP contribution in [0.4, 0.5) is 0 Å². The van der Waals surface area contributed by atoms with Gasteiger partial charge >= 0.3 is 0 Å². The normalized spacial score (nSPS) is 13.2. The Kier molecular flexibility index (Phi) is 5.73. The van der Waals surface area contributed by atoms with Crippen molar-refractivity contribution in [3.63, 3.8) is 0 Å². The van der Waals surface area contributed by atoms with Gasteiger partial charge in [-0.05, 0) is 31.4 Å². The molecule has 0 amide bonds. The number of hydrogen-bond donors (Lipinski definition) is 2. The highest BCUT2D eigenvalue weighted by atomic mass is 15.2. The molecule has 0 aromatic carbocycles. The molecule has 0 aliphatic heterocycles. The number of aromatic nitrogens is 3. The molecule has 2 N–H and O–H groups in total. The highest BCUT2D eigenvalue weighted by molar-refractivity contribution is 5.79. The van der Waals surface area contributed by atoms with Crippen LogP contribution in [0.5, 0.6) is 0 Å². The van der Waals surface area contributed by atoms with Crippen LogP contribution < -0.4 is 10.6 Å². The minimum absolute atomic E-state index is 0.367. The molecule has 0 aliphatic carbocycles. The first kappa shape index (κ1) is 17.0. The Labute approximate surface area is 138 Å². The summed E-state index contributed by atoms with van der Waals surface area (Å²) in [5, 5.41) is 6.70. The van der Waals surface area contributed by atoms with Gasteiger partial charge in [-0.25, -0.2) is 9.97 Å². The summed E-state index contributed by atoms with van der Waals surface area (Å²) in [4.78, 5) is 13.0. The first-order chi connectivity index (χ1) is 11.0. The van der Waals surface area contributed by atoms with Gasteiger partial charge in [0, 0.05) is 38.2 Å². The number of aliphatic imine (C=N–C) groups is 1. The van der Waals surface area contributed by atoms with Crippen LogP contribution in [0.1, 0.15) is 32.2 Å². The maximum Gasteiger partial charge on any atom is 0.191 e. The Morgan fingerprint density at radius 2 is 2.04 bits per heavy atom. The molecule has 0 saturated heterocycles. The van der Waals surface area contributed by atoms with E-state index in [0.29, 0.717) is 18.5 Å². The van der Waals surface area contributed by atoms with Crippen molar-refractivity contribution in [3.8, 4) is 5.82 Å². The van der Waals surface area contributed by atoms with E-state index in [4.69, 9.17) is 0 Å². The third kappa shape index (κ3) is 4.55. The Hall–Kier alpha value is -2.37. The highest BCUT2D eigenvalue weighted by Crippen LogP contribution is 2.08. The van der Waals surface area contributed by atoms with Gasteiger partial charge in [-0.1, -0.05) is 19.9 Å². The fourth-order valence-corrected chi connectivity index (χ4v) is 2.05. The lowest BCUT2D eigenvalue weighted by atomic mass is 10.1. The number of hydrogen-bond acceptors (Lipinski definition) is 3. The molecule has 0 radical (unpaired) electrons. The average Bonchev–Trinajstić information content (AvgIpc) is 2.97. The zero-order valence-electron chi connectivity index (χ0n) is 14.5. The summed E-state index contributed by atoms with van der Waals surface area (Å²) in [6.45, 7) is 9.17. The molecule has 0 fully saturated rings. The molecule has 0 spiro atoms. The van der Waals surface area contributed by atoms with Gasteiger partial charge in [0.25, 0.3) is 0 Å². The molecule has 1 unspecified atom stereocenters. The number of guanidine groups is 1. The number of nitrogens with one attached hydrogen (secondary N) is 2. The van der Waals surface area contributed by atoms with Crippen LogP contribution >= 0.6 is 0 Å². The molecule has 6 heteroatoms. The smallest absolute Gasteiger partial charge is 0.191 e. The first-order valence-electron chi connectivity index (χ1n) is 7.93. The monoisotopic (exact) mass is 314 g/mol. The molecule has 0 bridgehead atoms. The van der Waals surface area contributed by atoms with Gasteiger partial charge in [0.2, 0.25) is 0 Å². The maximum absolute atomic E-state index is 4.50. The molecule has 2 heterocycles. The Balaban J connectivity index is 1.95.